The molecule has 0 unspecified atom stereocenters. The van der Waals surface area contributed by atoms with E-state index in [1.165, 1.54) is 0 Å². The Morgan fingerprint density at radius 1 is 1.54 bits per heavy atom. The van der Waals surface area contributed by atoms with Gasteiger partial charge in [0.25, 0.3) is 0 Å². The molecule has 2 aromatic rings. The maximum Gasteiger partial charge on any atom is 0.213 e. The molecule has 2 N–H and O–H groups in total. The van der Waals surface area contributed by atoms with Crippen molar-refractivity contribution in [3.05, 3.63) is 24.0 Å². The number of nitrogens with zero attached hydrogens (tertiary/aromatic N) is 1. The number of ether oxygens (including phenoxy) is 1. The van der Waals surface area contributed by atoms with Gasteiger partial charge in [0.05, 0.1) is 25.4 Å². The van der Waals surface area contributed by atoms with Gasteiger partial charge in [-0.3, -0.25) is 0 Å². The van der Waals surface area contributed by atoms with E-state index in [9.17, 15) is 0 Å². The van der Waals surface area contributed by atoms with Crippen molar-refractivity contribution in [2.24, 2.45) is 0 Å². The van der Waals surface area contributed by atoms with Gasteiger partial charge in [-0.25, -0.2) is 4.98 Å². The molecular weight excluding hydrogens is 168 g/mol. The highest BCUT2D eigenvalue weighted by atomic mass is 16.5. The summed E-state index contributed by atoms with van der Waals surface area (Å²) in [6.07, 6.45) is 1.69. The molecule has 68 valence electrons. The molecule has 0 fully saturated rings. The molecule has 0 bridgehead atoms. The van der Waals surface area contributed by atoms with Gasteiger partial charge in [-0.1, -0.05) is 0 Å². The minimum Gasteiger partial charge on any atom is -0.481 e. The molecule has 0 aromatic carbocycles. The van der Waals surface area contributed by atoms with Gasteiger partial charge in [0.1, 0.15) is 0 Å². The van der Waals surface area contributed by atoms with Crippen molar-refractivity contribution in [3.63, 3.8) is 0 Å². The first-order valence-corrected chi connectivity index (χ1v) is 3.96. The highest BCUT2D eigenvalue weighted by Gasteiger charge is 2.01. The second-order valence-electron chi connectivity index (χ2n) is 2.77. The molecular formula is C9H10N2O2. The lowest BCUT2D eigenvalue weighted by atomic mass is 10.3. The molecule has 4 nitrogen and oxygen atoms in total. The van der Waals surface area contributed by atoms with Crippen LogP contribution in [0.25, 0.3) is 10.9 Å². The first kappa shape index (κ1) is 8.07. The van der Waals surface area contributed by atoms with E-state index in [4.69, 9.17) is 9.84 Å². The molecule has 0 radical (unpaired) electrons. The van der Waals surface area contributed by atoms with Crippen LogP contribution in [0, 0.1) is 0 Å². The van der Waals surface area contributed by atoms with Gasteiger partial charge < -0.3 is 14.8 Å². The maximum absolute atomic E-state index is 8.88. The van der Waals surface area contributed by atoms with E-state index < -0.39 is 0 Å². The van der Waals surface area contributed by atoms with Crippen LogP contribution in [0.4, 0.5) is 0 Å². The molecule has 0 spiro atoms. The summed E-state index contributed by atoms with van der Waals surface area (Å²) < 4.78 is 4.98. The zero-order valence-corrected chi connectivity index (χ0v) is 7.24. The van der Waals surface area contributed by atoms with Crippen LogP contribution in [0.1, 0.15) is 5.69 Å². The normalized spacial score (nSPS) is 10.6. The van der Waals surface area contributed by atoms with Crippen LogP contribution in [-0.4, -0.2) is 22.2 Å². The van der Waals surface area contributed by atoms with Crippen molar-refractivity contribution in [1.82, 2.24) is 9.97 Å². The van der Waals surface area contributed by atoms with E-state index in [0.717, 1.165) is 16.6 Å². The van der Waals surface area contributed by atoms with E-state index in [1.54, 1.807) is 13.3 Å². The highest BCUT2D eigenvalue weighted by molar-refractivity contribution is 5.80. The number of aromatic nitrogens is 2. The number of nitrogens with one attached hydrogen (secondary N) is 1. The smallest absolute Gasteiger partial charge is 0.213 e. The Morgan fingerprint density at radius 2 is 2.38 bits per heavy atom. The van der Waals surface area contributed by atoms with Crippen molar-refractivity contribution >= 4 is 10.9 Å². The summed E-state index contributed by atoms with van der Waals surface area (Å²) in [5.74, 6) is 0.580. The zero-order chi connectivity index (χ0) is 9.26. The lowest BCUT2D eigenvalue weighted by molar-refractivity contribution is 0.278. The van der Waals surface area contributed by atoms with Gasteiger partial charge in [0, 0.05) is 17.1 Å². The highest BCUT2D eigenvalue weighted by Crippen LogP contribution is 2.18. The molecule has 13 heavy (non-hydrogen) atoms. The maximum atomic E-state index is 8.88. The van der Waals surface area contributed by atoms with Crippen LogP contribution in [0.2, 0.25) is 0 Å². The summed E-state index contributed by atoms with van der Waals surface area (Å²) in [4.78, 5) is 7.07. The largest absolute Gasteiger partial charge is 0.481 e. The Bertz CT molecular complexity index is 420. The first-order chi connectivity index (χ1) is 6.33. The third kappa shape index (κ3) is 1.36. The van der Waals surface area contributed by atoms with Crippen molar-refractivity contribution < 1.29 is 9.84 Å². The second-order valence-corrected chi connectivity index (χ2v) is 2.77. The van der Waals surface area contributed by atoms with Crippen molar-refractivity contribution in [2.75, 3.05) is 7.11 Å². The molecule has 0 atom stereocenters. The second kappa shape index (κ2) is 3.06. The summed E-state index contributed by atoms with van der Waals surface area (Å²) in [6.45, 7) is 0.0109. The fourth-order valence-electron chi connectivity index (χ4n) is 1.27. The number of aliphatic hydroxyl groups excluding tert-OH is 1. The number of hydrogen-bond donors (Lipinski definition) is 2. The standard InChI is InChI=1S/C9H10N2O2/c1-13-9-3-6-2-7(5-12)11-8(6)4-10-9/h2-4,11-12H,5H2,1H3. The van der Waals surface area contributed by atoms with Gasteiger partial charge in [0.15, 0.2) is 0 Å². The molecule has 0 saturated carbocycles. The van der Waals surface area contributed by atoms with E-state index >= 15 is 0 Å². The van der Waals surface area contributed by atoms with Crippen LogP contribution in [0.5, 0.6) is 5.88 Å². The number of pyridine rings is 1. The number of aliphatic hydroxyl groups is 1. The topological polar surface area (TPSA) is 58.1 Å². The number of aromatic amines is 1. The van der Waals surface area contributed by atoms with Crippen molar-refractivity contribution in [3.8, 4) is 5.88 Å². The average molecular weight is 178 g/mol. The van der Waals surface area contributed by atoms with E-state index in [-0.39, 0.29) is 6.61 Å². The fraction of sp³-hybridized carbons (Fsp3) is 0.222. The molecule has 0 aliphatic rings. The molecule has 2 heterocycles. The molecule has 2 rings (SSSR count). The minimum atomic E-state index is 0.0109. The number of rotatable bonds is 2. The van der Waals surface area contributed by atoms with Crippen LogP contribution in [0.15, 0.2) is 18.3 Å². The van der Waals surface area contributed by atoms with E-state index in [2.05, 4.69) is 9.97 Å². The van der Waals surface area contributed by atoms with Crippen molar-refractivity contribution in [2.45, 2.75) is 6.61 Å². The SMILES string of the molecule is COc1cc2cc(CO)[nH]c2cn1. The zero-order valence-electron chi connectivity index (χ0n) is 7.24. The Kier molecular flexibility index (Phi) is 1.90. The summed E-state index contributed by atoms with van der Waals surface area (Å²) in [5, 5.41) is 9.88. The summed E-state index contributed by atoms with van der Waals surface area (Å²) >= 11 is 0. The number of hydrogen-bond acceptors (Lipinski definition) is 3. The van der Waals surface area contributed by atoms with Crippen LogP contribution in [-0.2, 0) is 6.61 Å². The number of H-pyrrole nitrogens is 1. The molecule has 4 heteroatoms. The van der Waals surface area contributed by atoms with Crippen LogP contribution in [0.3, 0.4) is 0 Å². The summed E-state index contributed by atoms with van der Waals surface area (Å²) in [7, 11) is 1.58. The third-order valence-corrected chi connectivity index (χ3v) is 1.92. The van der Waals surface area contributed by atoms with Crippen molar-refractivity contribution in [1.29, 1.82) is 0 Å². The van der Waals surface area contributed by atoms with Gasteiger partial charge in [0.2, 0.25) is 5.88 Å². The van der Waals surface area contributed by atoms with Crippen LogP contribution < -0.4 is 4.74 Å². The quantitative estimate of drug-likeness (QED) is 0.723. The Labute approximate surface area is 75.2 Å². The average Bonchev–Trinajstić information content (AvgIpc) is 2.58. The number of fused-ring (bicyclic) bond motifs is 1. The van der Waals surface area contributed by atoms with E-state index in [1.807, 2.05) is 12.1 Å². The fourth-order valence-corrected chi connectivity index (χ4v) is 1.27. The molecule has 0 aliphatic heterocycles. The van der Waals surface area contributed by atoms with Crippen LogP contribution >= 0.6 is 0 Å². The van der Waals surface area contributed by atoms with Gasteiger partial charge in [-0.2, -0.15) is 0 Å². The summed E-state index contributed by atoms with van der Waals surface area (Å²) in [5.41, 5.74) is 1.69. The molecule has 0 saturated heterocycles. The predicted octanol–water partition coefficient (Wildman–Crippen LogP) is 1.06. The summed E-state index contributed by atoms with van der Waals surface area (Å²) in [6, 6.07) is 3.70. The molecule has 2 aromatic heterocycles. The Morgan fingerprint density at radius 3 is 3.08 bits per heavy atom. The molecule has 0 aliphatic carbocycles. The lowest BCUT2D eigenvalue weighted by Crippen LogP contribution is -1.85. The Balaban J connectivity index is 2.57. The lowest BCUT2D eigenvalue weighted by Gasteiger charge is -1.96. The van der Waals surface area contributed by atoms with E-state index in [0.29, 0.717) is 5.88 Å². The Hall–Kier alpha value is -1.55. The first-order valence-electron chi connectivity index (χ1n) is 3.96. The third-order valence-electron chi connectivity index (χ3n) is 1.92. The predicted molar refractivity (Wildman–Crippen MR) is 48.6 cm³/mol. The van der Waals surface area contributed by atoms with Gasteiger partial charge >= 0.3 is 0 Å². The molecule has 0 amide bonds. The minimum absolute atomic E-state index is 0.0109. The monoisotopic (exact) mass is 178 g/mol. The number of methoxy groups -OCH3 is 1. The van der Waals surface area contributed by atoms with Gasteiger partial charge in [-0.15, -0.1) is 0 Å². The van der Waals surface area contributed by atoms with Gasteiger partial charge in [-0.05, 0) is 6.07 Å².